The molecule has 5 nitrogen and oxygen atoms in total. The summed E-state index contributed by atoms with van der Waals surface area (Å²) >= 11 is 0. The van der Waals surface area contributed by atoms with E-state index in [-0.39, 0.29) is 6.61 Å². The molecule has 0 spiro atoms. The van der Waals surface area contributed by atoms with Gasteiger partial charge in [-0.15, -0.1) is 10.2 Å². The molecule has 0 amide bonds. The van der Waals surface area contributed by atoms with Gasteiger partial charge in [0.1, 0.15) is 12.2 Å². The van der Waals surface area contributed by atoms with Crippen molar-refractivity contribution in [2.45, 2.75) is 38.6 Å². The van der Waals surface area contributed by atoms with Crippen molar-refractivity contribution >= 4 is 0 Å². The fourth-order valence-corrected chi connectivity index (χ4v) is 2.55. The largest absolute Gasteiger partial charge is 0.395 e. The fourth-order valence-electron chi connectivity index (χ4n) is 2.55. The predicted octanol–water partition coefficient (Wildman–Crippen LogP) is 1.03. The highest BCUT2D eigenvalue weighted by atomic mass is 16.3. The molecule has 2 heterocycles. The first-order chi connectivity index (χ1) is 8.22. The van der Waals surface area contributed by atoms with Crippen molar-refractivity contribution in [3.05, 3.63) is 12.2 Å². The van der Waals surface area contributed by atoms with E-state index in [9.17, 15) is 0 Å². The number of rotatable bonds is 4. The van der Waals surface area contributed by atoms with Gasteiger partial charge < -0.3 is 14.6 Å². The summed E-state index contributed by atoms with van der Waals surface area (Å²) in [6.07, 6.45) is 4.17. The average Bonchev–Trinajstić information content (AvgIpc) is 2.79. The van der Waals surface area contributed by atoms with Crippen LogP contribution in [0.1, 0.15) is 44.5 Å². The molecule has 1 aromatic heterocycles. The molecule has 2 rings (SSSR count). The normalized spacial score (nSPS) is 22.2. The lowest BCUT2D eigenvalue weighted by atomic mass is 9.97. The molecule has 1 unspecified atom stereocenters. The Bertz CT molecular complexity index is 348. The lowest BCUT2D eigenvalue weighted by Gasteiger charge is -2.32. The smallest absolute Gasteiger partial charge is 0.137 e. The minimum Gasteiger partial charge on any atom is -0.395 e. The highest BCUT2D eigenvalue weighted by Gasteiger charge is 2.25. The van der Waals surface area contributed by atoms with Crippen LogP contribution in [0, 0.1) is 0 Å². The van der Waals surface area contributed by atoms with Gasteiger partial charge in [-0.3, -0.25) is 0 Å². The van der Waals surface area contributed by atoms with Gasteiger partial charge in [0.15, 0.2) is 0 Å². The number of aliphatic hydroxyl groups is 1. The molecule has 0 radical (unpaired) electrons. The zero-order valence-corrected chi connectivity index (χ0v) is 10.7. The predicted molar refractivity (Wildman–Crippen MR) is 65.9 cm³/mol. The molecule has 0 aromatic carbocycles. The van der Waals surface area contributed by atoms with Gasteiger partial charge in [-0.25, -0.2) is 0 Å². The second-order valence-electron chi connectivity index (χ2n) is 5.05. The van der Waals surface area contributed by atoms with Crippen molar-refractivity contribution in [3.8, 4) is 0 Å². The third-order valence-electron chi connectivity index (χ3n) is 3.44. The van der Waals surface area contributed by atoms with Crippen molar-refractivity contribution in [3.63, 3.8) is 0 Å². The van der Waals surface area contributed by atoms with Crippen LogP contribution in [0.15, 0.2) is 6.33 Å². The molecule has 1 aliphatic rings. The molecule has 1 atom stereocenters. The monoisotopic (exact) mass is 238 g/mol. The minimum absolute atomic E-state index is 0.240. The topological polar surface area (TPSA) is 54.2 Å². The summed E-state index contributed by atoms with van der Waals surface area (Å²) in [6, 6.07) is 0.410. The van der Waals surface area contributed by atoms with Gasteiger partial charge in [0, 0.05) is 25.0 Å². The van der Waals surface area contributed by atoms with Gasteiger partial charge >= 0.3 is 0 Å². The highest BCUT2D eigenvalue weighted by molar-refractivity contribution is 5.00. The molecular weight excluding hydrogens is 216 g/mol. The van der Waals surface area contributed by atoms with E-state index in [1.54, 1.807) is 0 Å². The van der Waals surface area contributed by atoms with E-state index in [1.807, 2.05) is 6.33 Å². The number of hydrogen-bond donors (Lipinski definition) is 1. The first-order valence-electron chi connectivity index (χ1n) is 6.45. The summed E-state index contributed by atoms with van der Waals surface area (Å²) in [5, 5.41) is 17.3. The molecule has 96 valence electrons. The number of piperidine rings is 1. The van der Waals surface area contributed by atoms with Crippen LogP contribution in [0.5, 0.6) is 0 Å². The van der Waals surface area contributed by atoms with E-state index < -0.39 is 0 Å². The molecule has 0 bridgehead atoms. The van der Waals surface area contributed by atoms with Crippen molar-refractivity contribution < 1.29 is 5.11 Å². The third kappa shape index (κ3) is 2.84. The standard InChI is InChI=1S/C12H22N4O/c1-10(2)16-9-13-14-12(16)11-4-3-5-15(8-11)6-7-17/h9-11,17H,3-8H2,1-2H3. The van der Waals surface area contributed by atoms with Crippen LogP contribution in [0.25, 0.3) is 0 Å². The molecular formula is C12H22N4O. The van der Waals surface area contributed by atoms with Crippen LogP contribution in [-0.2, 0) is 0 Å². The van der Waals surface area contributed by atoms with Crippen LogP contribution in [-0.4, -0.2) is 51.0 Å². The number of likely N-dealkylation sites (tertiary alicyclic amines) is 1. The summed E-state index contributed by atoms with van der Waals surface area (Å²) in [5.74, 6) is 1.56. The van der Waals surface area contributed by atoms with Crippen LogP contribution < -0.4 is 0 Å². The summed E-state index contributed by atoms with van der Waals surface area (Å²) in [5.41, 5.74) is 0. The summed E-state index contributed by atoms with van der Waals surface area (Å²) in [4.78, 5) is 2.31. The van der Waals surface area contributed by atoms with E-state index in [0.29, 0.717) is 12.0 Å². The third-order valence-corrected chi connectivity index (χ3v) is 3.44. The van der Waals surface area contributed by atoms with Crippen molar-refractivity contribution in [1.29, 1.82) is 0 Å². The lowest BCUT2D eigenvalue weighted by Crippen LogP contribution is -2.37. The summed E-state index contributed by atoms with van der Waals surface area (Å²) < 4.78 is 2.16. The number of aromatic nitrogens is 3. The van der Waals surface area contributed by atoms with Gasteiger partial charge in [-0.05, 0) is 33.2 Å². The van der Waals surface area contributed by atoms with Gasteiger partial charge in [0.2, 0.25) is 0 Å². The Hall–Kier alpha value is -0.940. The fraction of sp³-hybridized carbons (Fsp3) is 0.833. The van der Waals surface area contributed by atoms with Crippen LogP contribution in [0.4, 0.5) is 0 Å². The summed E-state index contributed by atoms with van der Waals surface area (Å²) in [7, 11) is 0. The molecule has 1 aliphatic heterocycles. The Morgan fingerprint density at radius 3 is 3.06 bits per heavy atom. The zero-order valence-electron chi connectivity index (χ0n) is 10.7. The van der Waals surface area contributed by atoms with E-state index in [4.69, 9.17) is 5.11 Å². The second kappa shape index (κ2) is 5.60. The SMILES string of the molecule is CC(C)n1cnnc1C1CCCN(CCO)C1. The Morgan fingerprint density at radius 2 is 2.35 bits per heavy atom. The first kappa shape index (κ1) is 12.5. The Morgan fingerprint density at radius 1 is 1.53 bits per heavy atom. The van der Waals surface area contributed by atoms with E-state index in [0.717, 1.165) is 25.5 Å². The molecule has 1 N–H and O–H groups in total. The lowest BCUT2D eigenvalue weighted by molar-refractivity contribution is 0.157. The molecule has 1 aromatic rings. The Labute approximate surface area is 102 Å². The van der Waals surface area contributed by atoms with Crippen LogP contribution in [0.3, 0.4) is 0 Å². The van der Waals surface area contributed by atoms with E-state index in [1.165, 1.54) is 12.8 Å². The molecule has 5 heteroatoms. The Balaban J connectivity index is 2.08. The first-order valence-corrected chi connectivity index (χ1v) is 6.45. The molecule has 17 heavy (non-hydrogen) atoms. The summed E-state index contributed by atoms with van der Waals surface area (Å²) in [6.45, 7) is 7.40. The molecule has 1 saturated heterocycles. The molecule has 0 aliphatic carbocycles. The van der Waals surface area contributed by atoms with Crippen molar-refractivity contribution in [2.24, 2.45) is 0 Å². The quantitative estimate of drug-likeness (QED) is 0.851. The van der Waals surface area contributed by atoms with E-state index in [2.05, 4.69) is 33.5 Å². The minimum atomic E-state index is 0.240. The number of β-amino-alcohol motifs (C(OH)–C–C–N with tert-alkyl or cyclic N) is 1. The number of aliphatic hydroxyl groups excluding tert-OH is 1. The van der Waals surface area contributed by atoms with Gasteiger partial charge in [-0.2, -0.15) is 0 Å². The number of nitrogens with zero attached hydrogens (tertiary/aromatic N) is 4. The van der Waals surface area contributed by atoms with Gasteiger partial charge in [0.05, 0.1) is 6.61 Å². The molecule has 0 saturated carbocycles. The second-order valence-corrected chi connectivity index (χ2v) is 5.05. The maximum absolute atomic E-state index is 9.00. The zero-order chi connectivity index (χ0) is 12.3. The van der Waals surface area contributed by atoms with Crippen LogP contribution in [0.2, 0.25) is 0 Å². The van der Waals surface area contributed by atoms with Gasteiger partial charge in [-0.1, -0.05) is 0 Å². The van der Waals surface area contributed by atoms with E-state index >= 15 is 0 Å². The maximum Gasteiger partial charge on any atom is 0.137 e. The highest BCUT2D eigenvalue weighted by Crippen LogP contribution is 2.26. The van der Waals surface area contributed by atoms with Crippen molar-refractivity contribution in [1.82, 2.24) is 19.7 Å². The molecule has 1 fully saturated rings. The maximum atomic E-state index is 9.00. The average molecular weight is 238 g/mol. The number of hydrogen-bond acceptors (Lipinski definition) is 4. The van der Waals surface area contributed by atoms with Gasteiger partial charge in [0.25, 0.3) is 0 Å². The van der Waals surface area contributed by atoms with Crippen LogP contribution >= 0.6 is 0 Å². The van der Waals surface area contributed by atoms with Crippen molar-refractivity contribution in [2.75, 3.05) is 26.2 Å². The Kier molecular flexibility index (Phi) is 4.12.